The Morgan fingerprint density at radius 2 is 2.45 bits per heavy atom. The van der Waals surface area contributed by atoms with Gasteiger partial charge in [-0.3, -0.25) is 0 Å². The van der Waals surface area contributed by atoms with Gasteiger partial charge in [0.2, 0.25) is 0 Å². The fourth-order valence-electron chi connectivity index (χ4n) is 0.539. The van der Waals surface area contributed by atoms with E-state index in [9.17, 15) is 4.57 Å². The molecule has 1 unspecified atom stereocenters. The maximum atomic E-state index is 10.9. The van der Waals surface area contributed by atoms with Gasteiger partial charge in [-0.05, 0) is 17.4 Å². The highest BCUT2D eigenvalue weighted by Crippen LogP contribution is 2.22. The lowest BCUT2D eigenvalue weighted by atomic mass is 10.3. The van der Waals surface area contributed by atoms with Crippen molar-refractivity contribution in [2.75, 3.05) is 12.8 Å². The first-order valence-corrected chi connectivity index (χ1v) is 4.79. The summed E-state index contributed by atoms with van der Waals surface area (Å²) < 4.78 is 15.6. The Kier molecular flexibility index (Phi) is 7.03. The Hall–Kier alpha value is -0.640. The van der Waals surface area contributed by atoms with Gasteiger partial charge in [0.05, 0.1) is 0 Å². The first-order valence-electron chi connectivity index (χ1n) is 3.43. The number of hydrogen-bond acceptors (Lipinski definition) is 2. The van der Waals surface area contributed by atoms with Crippen LogP contribution in [0.25, 0.3) is 0 Å². The molecule has 60 valence electrons. The molecule has 0 aliphatic heterocycles. The molecular weight excluding hydrogens is 159 g/mol. The first kappa shape index (κ1) is 10.4. The maximum absolute atomic E-state index is 10.9. The van der Waals surface area contributed by atoms with E-state index in [1.165, 1.54) is 0 Å². The molecule has 0 N–H and O–H groups in total. The van der Waals surface area contributed by atoms with Crippen molar-refractivity contribution in [1.82, 2.24) is 0 Å². The van der Waals surface area contributed by atoms with Crippen molar-refractivity contribution in [3.05, 3.63) is 12.7 Å². The van der Waals surface area contributed by atoms with Crippen LogP contribution in [0.15, 0.2) is 12.7 Å². The van der Waals surface area contributed by atoms with Crippen molar-refractivity contribution in [2.24, 2.45) is 0 Å². The molecular formula is C8H12O2P+. The summed E-state index contributed by atoms with van der Waals surface area (Å²) >= 11 is 0. The molecule has 0 spiro atoms. The Morgan fingerprint density at radius 1 is 1.73 bits per heavy atom. The molecule has 0 heterocycles. The molecule has 0 aromatic heterocycles. The van der Waals surface area contributed by atoms with Crippen LogP contribution in [-0.4, -0.2) is 12.8 Å². The Balaban J connectivity index is 3.24. The van der Waals surface area contributed by atoms with Gasteiger partial charge < -0.3 is 0 Å². The van der Waals surface area contributed by atoms with Gasteiger partial charge in [0.25, 0.3) is 0 Å². The maximum Gasteiger partial charge on any atom is 0.509 e. The summed E-state index contributed by atoms with van der Waals surface area (Å²) in [5.41, 5.74) is 0. The average Bonchev–Trinajstić information content (AvgIpc) is 2.01. The van der Waals surface area contributed by atoms with Gasteiger partial charge in [-0.2, -0.15) is 0 Å². The largest absolute Gasteiger partial charge is 0.509 e. The number of allylic oxidation sites excluding steroid dienone is 1. The van der Waals surface area contributed by atoms with E-state index in [4.69, 9.17) is 10.9 Å². The van der Waals surface area contributed by atoms with E-state index in [1.807, 2.05) is 0 Å². The highest BCUT2D eigenvalue weighted by Gasteiger charge is 2.14. The molecule has 0 aromatic carbocycles. The number of rotatable bonds is 6. The molecule has 0 aliphatic rings. The third-order valence-electron chi connectivity index (χ3n) is 1.04. The molecule has 0 amide bonds. The van der Waals surface area contributed by atoms with Crippen LogP contribution in [0.3, 0.4) is 0 Å². The summed E-state index contributed by atoms with van der Waals surface area (Å²) in [7, 11) is -1.54. The van der Waals surface area contributed by atoms with E-state index in [0.717, 1.165) is 12.8 Å². The van der Waals surface area contributed by atoms with E-state index in [1.54, 1.807) is 6.08 Å². The number of hydrogen-bond donors (Lipinski definition) is 0. The van der Waals surface area contributed by atoms with Crippen molar-refractivity contribution in [3.63, 3.8) is 0 Å². The molecule has 0 aliphatic carbocycles. The van der Waals surface area contributed by atoms with Crippen LogP contribution in [0.5, 0.6) is 0 Å². The quantitative estimate of drug-likeness (QED) is 0.265. The lowest BCUT2D eigenvalue weighted by Crippen LogP contribution is -1.84. The van der Waals surface area contributed by atoms with Crippen molar-refractivity contribution < 1.29 is 9.09 Å². The van der Waals surface area contributed by atoms with Crippen LogP contribution in [0.2, 0.25) is 0 Å². The predicted molar refractivity (Wildman–Crippen MR) is 46.7 cm³/mol. The zero-order valence-electron chi connectivity index (χ0n) is 6.45. The average molecular weight is 171 g/mol. The van der Waals surface area contributed by atoms with Crippen LogP contribution in [0, 0.1) is 12.3 Å². The van der Waals surface area contributed by atoms with Gasteiger partial charge in [0.15, 0.2) is 12.8 Å². The highest BCUT2D eigenvalue weighted by molar-refractivity contribution is 7.39. The third kappa shape index (κ3) is 7.25. The second-order valence-electron chi connectivity index (χ2n) is 1.96. The molecule has 0 fully saturated rings. The topological polar surface area (TPSA) is 26.3 Å². The van der Waals surface area contributed by atoms with E-state index in [0.29, 0.717) is 6.16 Å². The fourth-order valence-corrected chi connectivity index (χ4v) is 1.33. The molecule has 3 heteroatoms. The van der Waals surface area contributed by atoms with Crippen molar-refractivity contribution in [3.8, 4) is 12.3 Å². The number of unbranched alkanes of at least 4 members (excludes halogenated alkanes) is 1. The molecule has 0 radical (unpaired) electrons. The Morgan fingerprint density at radius 3 is 3.00 bits per heavy atom. The van der Waals surface area contributed by atoms with E-state index >= 15 is 0 Å². The zero-order valence-corrected chi connectivity index (χ0v) is 7.35. The smallest absolute Gasteiger partial charge is 0.133 e. The molecule has 0 bridgehead atoms. The monoisotopic (exact) mass is 171 g/mol. The van der Waals surface area contributed by atoms with Crippen molar-refractivity contribution in [1.29, 1.82) is 0 Å². The van der Waals surface area contributed by atoms with Crippen molar-refractivity contribution in [2.45, 2.75) is 12.8 Å². The standard InChI is InChI=1S/C8H12O2P/c1-3-5-6-8-11(9)10-7-4-2/h2-3H,1,5-8H2/q+1. The van der Waals surface area contributed by atoms with Gasteiger partial charge in [-0.15, -0.1) is 17.5 Å². The van der Waals surface area contributed by atoms with Crippen molar-refractivity contribution >= 4 is 8.03 Å². The molecule has 11 heavy (non-hydrogen) atoms. The number of terminal acetylenes is 1. The van der Waals surface area contributed by atoms with Crippen LogP contribution >= 0.6 is 8.03 Å². The molecule has 1 atom stereocenters. The summed E-state index contributed by atoms with van der Waals surface area (Å²) in [5.74, 6) is 2.26. The summed E-state index contributed by atoms with van der Waals surface area (Å²) in [6.45, 7) is 3.69. The minimum Gasteiger partial charge on any atom is -0.133 e. The molecule has 2 nitrogen and oxygen atoms in total. The normalized spacial score (nSPS) is 10.3. The second kappa shape index (κ2) is 7.47. The fraction of sp³-hybridized carbons (Fsp3) is 0.500. The van der Waals surface area contributed by atoms with Crippen LogP contribution in [0.1, 0.15) is 12.8 Å². The lowest BCUT2D eigenvalue weighted by Gasteiger charge is -1.84. The predicted octanol–water partition coefficient (Wildman–Crippen LogP) is 2.34. The minimum atomic E-state index is -1.54. The van der Waals surface area contributed by atoms with E-state index < -0.39 is 8.03 Å². The molecule has 0 saturated heterocycles. The molecule has 0 rings (SSSR count). The highest BCUT2D eigenvalue weighted by atomic mass is 31.1. The summed E-state index contributed by atoms with van der Waals surface area (Å²) in [6, 6.07) is 0. The van der Waals surface area contributed by atoms with E-state index in [2.05, 4.69) is 12.5 Å². The first-order chi connectivity index (χ1) is 5.31. The Labute approximate surface area is 68.5 Å². The SMILES string of the molecule is C#CCO[P+](=O)CCCC=C. The second-order valence-corrected chi connectivity index (χ2v) is 3.34. The van der Waals surface area contributed by atoms with Gasteiger partial charge in [-0.25, -0.2) is 0 Å². The van der Waals surface area contributed by atoms with Crippen LogP contribution < -0.4 is 0 Å². The minimum absolute atomic E-state index is 0.142. The lowest BCUT2D eigenvalue weighted by molar-refractivity contribution is 0.377. The Bertz CT molecular complexity index is 169. The third-order valence-corrected chi connectivity index (χ3v) is 2.14. The van der Waals surface area contributed by atoms with Crippen LogP contribution in [0.4, 0.5) is 0 Å². The molecule has 0 saturated carbocycles. The summed E-state index contributed by atoms with van der Waals surface area (Å²) in [4.78, 5) is 0. The summed E-state index contributed by atoms with van der Waals surface area (Å²) in [6.07, 6.45) is 9.01. The van der Waals surface area contributed by atoms with E-state index in [-0.39, 0.29) is 6.61 Å². The van der Waals surface area contributed by atoms with Gasteiger partial charge in [-0.1, -0.05) is 12.0 Å². The van der Waals surface area contributed by atoms with Gasteiger partial charge in [0.1, 0.15) is 0 Å². The van der Waals surface area contributed by atoms with Gasteiger partial charge >= 0.3 is 8.03 Å². The zero-order chi connectivity index (χ0) is 8.53. The van der Waals surface area contributed by atoms with Gasteiger partial charge in [0, 0.05) is 0 Å². The van der Waals surface area contributed by atoms with Crippen LogP contribution in [-0.2, 0) is 9.09 Å². The molecule has 0 aromatic rings. The summed E-state index contributed by atoms with van der Waals surface area (Å²) in [5, 5.41) is 0.